The van der Waals surface area contributed by atoms with Crippen molar-refractivity contribution in [1.29, 1.82) is 0 Å². The van der Waals surface area contributed by atoms with Crippen LogP contribution in [0, 0.1) is 5.21 Å². The maximum absolute atomic E-state index is 11.6. The van der Waals surface area contributed by atoms with Gasteiger partial charge >= 0.3 is 0 Å². The first kappa shape index (κ1) is 9.73. The molecule has 4 heteroatoms. The van der Waals surface area contributed by atoms with Crippen molar-refractivity contribution in [2.45, 2.75) is 0 Å². The molecule has 0 aliphatic heterocycles. The van der Waals surface area contributed by atoms with Crippen LogP contribution < -0.4 is 0 Å². The number of rotatable bonds is 2. The van der Waals surface area contributed by atoms with Crippen molar-refractivity contribution in [3.63, 3.8) is 0 Å². The lowest BCUT2D eigenvalue weighted by molar-refractivity contribution is -0.355. The summed E-state index contributed by atoms with van der Waals surface area (Å²) in [4.78, 5) is 0.855. The predicted octanol–water partition coefficient (Wildman–Crippen LogP) is 2.71. The van der Waals surface area contributed by atoms with Crippen LogP contribution >= 0.6 is 11.3 Å². The van der Waals surface area contributed by atoms with Gasteiger partial charge < -0.3 is 10.3 Å². The second kappa shape index (κ2) is 4.14. The minimum absolute atomic E-state index is 0.0136. The second-order valence-corrected chi connectivity index (χ2v) is 3.94. The maximum atomic E-state index is 11.6. The zero-order valence-electron chi connectivity index (χ0n) is 7.83. The highest BCUT2D eigenvalue weighted by Gasteiger charge is 2.07. The van der Waals surface area contributed by atoms with Crippen molar-refractivity contribution in [3.8, 4) is 5.75 Å². The van der Waals surface area contributed by atoms with Gasteiger partial charge in [0.25, 0.3) is 5.69 Å². The van der Waals surface area contributed by atoms with Crippen molar-refractivity contribution in [2.24, 2.45) is 0 Å². The molecular weight excluding hydrogens is 210 g/mol. The Morgan fingerprint density at radius 3 is 2.67 bits per heavy atom. The van der Waals surface area contributed by atoms with E-state index < -0.39 is 0 Å². The van der Waals surface area contributed by atoms with Crippen LogP contribution in [0.4, 0.5) is 5.69 Å². The van der Waals surface area contributed by atoms with E-state index in [0.717, 1.165) is 4.88 Å². The molecule has 0 spiro atoms. The van der Waals surface area contributed by atoms with Crippen LogP contribution in [0.25, 0.3) is 0 Å². The molecule has 0 aliphatic carbocycles. The molecule has 0 saturated carbocycles. The van der Waals surface area contributed by atoms with Gasteiger partial charge in [0.2, 0.25) is 0 Å². The summed E-state index contributed by atoms with van der Waals surface area (Å²) in [5, 5.41) is 23.0. The third-order valence-corrected chi connectivity index (χ3v) is 2.71. The Balaban J connectivity index is 2.36. The van der Waals surface area contributed by atoms with Gasteiger partial charge in [-0.15, -0.1) is 11.3 Å². The van der Waals surface area contributed by atoms with Crippen LogP contribution in [0.1, 0.15) is 4.88 Å². The predicted molar refractivity (Wildman–Crippen MR) is 60.9 cm³/mol. The van der Waals surface area contributed by atoms with Gasteiger partial charge in [-0.3, -0.25) is 0 Å². The summed E-state index contributed by atoms with van der Waals surface area (Å²) >= 11 is 1.47. The first-order chi connectivity index (χ1) is 7.27. The highest BCUT2D eigenvalue weighted by molar-refractivity contribution is 7.11. The van der Waals surface area contributed by atoms with Gasteiger partial charge in [0.1, 0.15) is 0 Å². The lowest BCUT2D eigenvalue weighted by atomic mass is 10.3. The number of phenolic OH excluding ortho intramolecular Hbond substituents is 1. The molecule has 1 heterocycles. The van der Waals surface area contributed by atoms with Crippen LogP contribution in [-0.2, 0) is 0 Å². The average molecular weight is 219 g/mol. The molecular formula is C11H9NO2S. The monoisotopic (exact) mass is 219 g/mol. The quantitative estimate of drug-likeness (QED) is 0.365. The van der Waals surface area contributed by atoms with E-state index in [0.29, 0.717) is 4.74 Å². The van der Waals surface area contributed by atoms with E-state index >= 15 is 0 Å². The Kier molecular flexibility index (Phi) is 2.69. The summed E-state index contributed by atoms with van der Waals surface area (Å²) in [5.74, 6) is -0.0136. The Hall–Kier alpha value is -1.81. The number of para-hydroxylation sites is 2. The van der Waals surface area contributed by atoms with Crippen LogP contribution in [0.2, 0.25) is 0 Å². The molecule has 15 heavy (non-hydrogen) atoms. The number of phenols is 1. The molecule has 2 rings (SSSR count). The number of benzene rings is 1. The number of hydrogen-bond acceptors (Lipinski definition) is 3. The third-order valence-electron chi connectivity index (χ3n) is 1.91. The van der Waals surface area contributed by atoms with Crippen molar-refractivity contribution < 1.29 is 9.85 Å². The van der Waals surface area contributed by atoms with E-state index in [9.17, 15) is 10.3 Å². The van der Waals surface area contributed by atoms with Crippen LogP contribution in [-0.4, -0.2) is 16.1 Å². The standard InChI is InChI=1S/C11H9NO2S/c13-11-6-2-1-5-10(11)12(14)8-9-4-3-7-15-9/h1-8,13H/b12-8-. The number of thiophene rings is 1. The molecule has 0 bridgehead atoms. The Morgan fingerprint density at radius 2 is 2.00 bits per heavy atom. The van der Waals surface area contributed by atoms with Gasteiger partial charge in [0.05, 0.1) is 4.88 Å². The molecule has 76 valence electrons. The summed E-state index contributed by atoms with van der Waals surface area (Å²) in [6.07, 6.45) is 1.44. The molecule has 1 aromatic carbocycles. The number of aromatic hydroxyl groups is 1. The van der Waals surface area contributed by atoms with E-state index in [-0.39, 0.29) is 11.4 Å². The molecule has 0 unspecified atom stereocenters. The van der Waals surface area contributed by atoms with Crippen LogP contribution in [0.15, 0.2) is 41.8 Å². The lowest BCUT2D eigenvalue weighted by Crippen LogP contribution is -1.97. The first-order valence-electron chi connectivity index (χ1n) is 4.40. The zero-order chi connectivity index (χ0) is 10.7. The normalized spacial score (nSPS) is 11.6. The minimum Gasteiger partial charge on any atom is -0.618 e. The largest absolute Gasteiger partial charge is 0.618 e. The Morgan fingerprint density at radius 1 is 1.20 bits per heavy atom. The fourth-order valence-corrected chi connectivity index (χ4v) is 1.83. The van der Waals surface area contributed by atoms with E-state index in [1.807, 2.05) is 17.5 Å². The number of nitrogens with zero attached hydrogens (tertiary/aromatic N) is 1. The average Bonchev–Trinajstić information content (AvgIpc) is 2.71. The number of hydrogen-bond donors (Lipinski definition) is 1. The van der Waals surface area contributed by atoms with Crippen molar-refractivity contribution in [1.82, 2.24) is 0 Å². The smallest absolute Gasteiger partial charge is 0.258 e. The fraction of sp³-hybridized carbons (Fsp3) is 0. The van der Waals surface area contributed by atoms with E-state index in [1.54, 1.807) is 18.2 Å². The first-order valence-corrected chi connectivity index (χ1v) is 5.28. The zero-order valence-corrected chi connectivity index (χ0v) is 8.65. The highest BCUT2D eigenvalue weighted by Crippen LogP contribution is 2.24. The van der Waals surface area contributed by atoms with E-state index in [4.69, 9.17) is 0 Å². The van der Waals surface area contributed by atoms with Crippen molar-refractivity contribution in [3.05, 3.63) is 51.9 Å². The molecule has 0 radical (unpaired) electrons. The molecule has 0 aliphatic rings. The third kappa shape index (κ3) is 2.16. The van der Waals surface area contributed by atoms with Gasteiger partial charge in [-0.05, 0) is 17.5 Å². The summed E-state index contributed by atoms with van der Waals surface area (Å²) in [6.45, 7) is 0. The summed E-state index contributed by atoms with van der Waals surface area (Å²) in [5.41, 5.74) is 0.255. The molecule has 0 amide bonds. The highest BCUT2D eigenvalue weighted by atomic mass is 32.1. The molecule has 1 N–H and O–H groups in total. The Labute approximate surface area is 91.1 Å². The van der Waals surface area contributed by atoms with E-state index in [2.05, 4.69) is 0 Å². The fourth-order valence-electron chi connectivity index (χ4n) is 1.20. The lowest BCUT2D eigenvalue weighted by Gasteiger charge is -2.03. The van der Waals surface area contributed by atoms with Crippen LogP contribution in [0.3, 0.4) is 0 Å². The second-order valence-electron chi connectivity index (χ2n) is 2.96. The summed E-state index contributed by atoms with van der Waals surface area (Å²) in [6, 6.07) is 10.2. The van der Waals surface area contributed by atoms with Crippen molar-refractivity contribution in [2.75, 3.05) is 0 Å². The molecule has 1 aromatic heterocycles. The molecule has 0 atom stereocenters. The molecule has 0 saturated heterocycles. The Bertz CT molecular complexity index is 477. The SMILES string of the molecule is [O-]/[N+](=C\c1cccs1)c1ccccc1O. The molecule has 0 fully saturated rings. The van der Waals surface area contributed by atoms with Crippen LogP contribution in [0.5, 0.6) is 5.75 Å². The van der Waals surface area contributed by atoms with Gasteiger partial charge in [0, 0.05) is 6.07 Å². The maximum Gasteiger partial charge on any atom is 0.258 e. The van der Waals surface area contributed by atoms with Gasteiger partial charge in [-0.2, -0.15) is 4.74 Å². The van der Waals surface area contributed by atoms with Crippen molar-refractivity contribution >= 4 is 23.2 Å². The van der Waals surface area contributed by atoms with Gasteiger partial charge in [0.15, 0.2) is 12.0 Å². The van der Waals surface area contributed by atoms with E-state index in [1.165, 1.54) is 23.6 Å². The van der Waals surface area contributed by atoms with Gasteiger partial charge in [-0.1, -0.05) is 18.2 Å². The topological polar surface area (TPSA) is 46.3 Å². The van der Waals surface area contributed by atoms with Gasteiger partial charge in [-0.25, -0.2) is 0 Å². The minimum atomic E-state index is -0.0136. The molecule has 2 aromatic rings. The molecule has 3 nitrogen and oxygen atoms in total. The summed E-state index contributed by atoms with van der Waals surface area (Å²) in [7, 11) is 0. The summed E-state index contributed by atoms with van der Waals surface area (Å²) < 4.78 is 0.668.